The average molecular weight is 302 g/mol. The molecule has 2 aliphatic heterocycles. The Balaban J connectivity index is 1.73. The minimum atomic E-state index is -3.24. The van der Waals surface area contributed by atoms with Gasteiger partial charge in [-0.2, -0.15) is 4.31 Å². The van der Waals surface area contributed by atoms with Gasteiger partial charge in [0.25, 0.3) is 0 Å². The number of likely N-dealkylation sites (tertiary alicyclic amines) is 1. The quantitative estimate of drug-likeness (QED) is 0.723. The molecule has 20 heavy (non-hydrogen) atoms. The number of nitrogens with zero attached hydrogens (tertiary/aromatic N) is 2. The highest BCUT2D eigenvalue weighted by Gasteiger charge is 2.43. The van der Waals surface area contributed by atoms with E-state index in [1.807, 2.05) is 4.90 Å². The predicted octanol–water partition coefficient (Wildman–Crippen LogP) is 0.0478. The lowest BCUT2D eigenvalue weighted by Crippen LogP contribution is -2.62. The van der Waals surface area contributed by atoms with Gasteiger partial charge >= 0.3 is 0 Å². The predicted molar refractivity (Wildman–Crippen MR) is 73.6 cm³/mol. The molecule has 0 radical (unpaired) electrons. The molecule has 3 aliphatic rings. The molecule has 3 rings (SSSR count). The van der Waals surface area contributed by atoms with E-state index in [4.69, 9.17) is 4.74 Å². The first-order chi connectivity index (χ1) is 9.47. The number of fused-ring (bicyclic) bond motifs is 1. The maximum Gasteiger partial charge on any atom is 0.225 e. The molecule has 0 N–H and O–H groups in total. The first-order valence-electron chi connectivity index (χ1n) is 7.34. The van der Waals surface area contributed by atoms with Gasteiger partial charge in [0, 0.05) is 25.6 Å². The average Bonchev–Trinajstić information content (AvgIpc) is 2.34. The smallest absolute Gasteiger partial charge is 0.225 e. The second-order valence-electron chi connectivity index (χ2n) is 6.05. The lowest BCUT2D eigenvalue weighted by atomic mass is 9.83. The SMILES string of the molecule is CS(=O)(=O)N1CCO[C@H]2CCN(C(=O)C3CCC3)C[C@@H]21. The molecule has 0 aromatic carbocycles. The molecule has 0 spiro atoms. The third-order valence-corrected chi connectivity index (χ3v) is 6.03. The summed E-state index contributed by atoms with van der Waals surface area (Å²) < 4.78 is 31.0. The molecule has 2 heterocycles. The van der Waals surface area contributed by atoms with Gasteiger partial charge in [-0.25, -0.2) is 8.42 Å². The van der Waals surface area contributed by atoms with Crippen molar-refractivity contribution in [2.45, 2.75) is 37.8 Å². The van der Waals surface area contributed by atoms with Crippen LogP contribution in [0.4, 0.5) is 0 Å². The van der Waals surface area contributed by atoms with Crippen molar-refractivity contribution in [1.82, 2.24) is 9.21 Å². The maximum absolute atomic E-state index is 12.3. The van der Waals surface area contributed by atoms with Crippen molar-refractivity contribution in [1.29, 1.82) is 0 Å². The Hall–Kier alpha value is -0.660. The molecule has 0 aromatic rings. The van der Waals surface area contributed by atoms with E-state index in [0.29, 0.717) is 26.2 Å². The third-order valence-electron chi connectivity index (χ3n) is 4.73. The number of carbonyl (C=O) groups is 1. The van der Waals surface area contributed by atoms with Gasteiger partial charge in [0.05, 0.1) is 25.0 Å². The van der Waals surface area contributed by atoms with Gasteiger partial charge in [0.2, 0.25) is 15.9 Å². The minimum Gasteiger partial charge on any atom is -0.375 e. The van der Waals surface area contributed by atoms with E-state index >= 15 is 0 Å². The fourth-order valence-corrected chi connectivity index (χ4v) is 4.47. The molecule has 1 aliphatic carbocycles. The number of hydrogen-bond donors (Lipinski definition) is 0. The molecule has 6 nitrogen and oxygen atoms in total. The first-order valence-corrected chi connectivity index (χ1v) is 9.19. The highest BCUT2D eigenvalue weighted by atomic mass is 32.2. The van der Waals surface area contributed by atoms with Gasteiger partial charge in [0.1, 0.15) is 0 Å². The fraction of sp³-hybridized carbons (Fsp3) is 0.923. The maximum atomic E-state index is 12.3. The fourth-order valence-electron chi connectivity index (χ4n) is 3.37. The Bertz CT molecular complexity index is 489. The van der Waals surface area contributed by atoms with Crippen LogP contribution in [0.2, 0.25) is 0 Å². The number of ether oxygens (including phenoxy) is 1. The first kappa shape index (κ1) is 14.3. The van der Waals surface area contributed by atoms with Gasteiger partial charge in [-0.15, -0.1) is 0 Å². The third kappa shape index (κ3) is 2.58. The van der Waals surface area contributed by atoms with Crippen molar-refractivity contribution in [3.8, 4) is 0 Å². The molecule has 0 aromatic heterocycles. The summed E-state index contributed by atoms with van der Waals surface area (Å²) in [5.74, 6) is 0.372. The van der Waals surface area contributed by atoms with Crippen LogP contribution < -0.4 is 0 Å². The van der Waals surface area contributed by atoms with Crippen LogP contribution in [0.15, 0.2) is 0 Å². The van der Waals surface area contributed by atoms with Crippen molar-refractivity contribution >= 4 is 15.9 Å². The van der Waals surface area contributed by atoms with Crippen molar-refractivity contribution < 1.29 is 17.9 Å². The van der Waals surface area contributed by atoms with Gasteiger partial charge in [-0.05, 0) is 19.3 Å². The minimum absolute atomic E-state index is 0.0658. The summed E-state index contributed by atoms with van der Waals surface area (Å²) >= 11 is 0. The highest BCUT2D eigenvalue weighted by Crippen LogP contribution is 2.31. The summed E-state index contributed by atoms with van der Waals surface area (Å²) in [5.41, 5.74) is 0. The molecular formula is C13H22N2O4S. The van der Waals surface area contributed by atoms with Crippen molar-refractivity contribution in [3.05, 3.63) is 0 Å². The number of carbonyl (C=O) groups excluding carboxylic acids is 1. The molecule has 0 bridgehead atoms. The zero-order valence-corrected chi connectivity index (χ0v) is 12.6. The van der Waals surface area contributed by atoms with Crippen LogP contribution in [0.5, 0.6) is 0 Å². The monoisotopic (exact) mass is 302 g/mol. The van der Waals surface area contributed by atoms with Crippen molar-refractivity contribution in [2.75, 3.05) is 32.5 Å². The van der Waals surface area contributed by atoms with Crippen LogP contribution in [-0.2, 0) is 19.6 Å². The van der Waals surface area contributed by atoms with E-state index in [1.165, 1.54) is 10.6 Å². The normalized spacial score (nSPS) is 32.5. The molecule has 114 valence electrons. The number of piperidine rings is 1. The van der Waals surface area contributed by atoms with E-state index < -0.39 is 10.0 Å². The number of rotatable bonds is 2. The second-order valence-corrected chi connectivity index (χ2v) is 7.99. The van der Waals surface area contributed by atoms with Gasteiger partial charge < -0.3 is 9.64 Å². The summed E-state index contributed by atoms with van der Waals surface area (Å²) in [4.78, 5) is 14.2. The van der Waals surface area contributed by atoms with Crippen LogP contribution >= 0.6 is 0 Å². The summed E-state index contributed by atoms with van der Waals surface area (Å²) in [6.45, 7) is 2.01. The Labute approximate surface area is 120 Å². The number of sulfonamides is 1. The molecular weight excluding hydrogens is 280 g/mol. The molecule has 3 fully saturated rings. The Morgan fingerprint density at radius 3 is 2.55 bits per heavy atom. The zero-order valence-electron chi connectivity index (χ0n) is 11.8. The Morgan fingerprint density at radius 1 is 1.20 bits per heavy atom. The Kier molecular flexibility index (Phi) is 3.77. The summed E-state index contributed by atoms with van der Waals surface area (Å²) in [6.07, 6.45) is 5.00. The summed E-state index contributed by atoms with van der Waals surface area (Å²) in [7, 11) is -3.24. The topological polar surface area (TPSA) is 66.9 Å². The molecule has 2 atom stereocenters. The second kappa shape index (κ2) is 5.27. The molecule has 0 unspecified atom stereocenters. The lowest BCUT2D eigenvalue weighted by molar-refractivity contribution is -0.145. The van der Waals surface area contributed by atoms with Gasteiger partial charge in [-0.1, -0.05) is 6.42 Å². The summed E-state index contributed by atoms with van der Waals surface area (Å²) in [5, 5.41) is 0. The van der Waals surface area contributed by atoms with Crippen molar-refractivity contribution in [2.24, 2.45) is 5.92 Å². The van der Waals surface area contributed by atoms with Crippen LogP contribution in [0.3, 0.4) is 0 Å². The van der Waals surface area contributed by atoms with E-state index in [1.54, 1.807) is 0 Å². The largest absolute Gasteiger partial charge is 0.375 e. The molecule has 1 saturated carbocycles. The van der Waals surface area contributed by atoms with E-state index in [0.717, 1.165) is 25.7 Å². The standard InChI is InChI=1S/C13H22N2O4S/c1-20(17,18)15-7-8-19-12-5-6-14(9-11(12)15)13(16)10-3-2-4-10/h10-12H,2-9H2,1H3/t11-,12-/m0/s1. The van der Waals surface area contributed by atoms with Gasteiger partial charge in [0.15, 0.2) is 0 Å². The van der Waals surface area contributed by atoms with Crippen LogP contribution in [-0.4, -0.2) is 68.2 Å². The van der Waals surface area contributed by atoms with Crippen molar-refractivity contribution in [3.63, 3.8) is 0 Å². The summed E-state index contributed by atoms with van der Waals surface area (Å²) in [6, 6.07) is -0.212. The van der Waals surface area contributed by atoms with Crippen LogP contribution in [0.1, 0.15) is 25.7 Å². The molecule has 1 amide bonds. The highest BCUT2D eigenvalue weighted by molar-refractivity contribution is 7.88. The number of amides is 1. The van der Waals surface area contributed by atoms with E-state index in [-0.39, 0.29) is 24.0 Å². The van der Waals surface area contributed by atoms with Crippen LogP contribution in [0.25, 0.3) is 0 Å². The number of morpholine rings is 1. The van der Waals surface area contributed by atoms with Crippen LogP contribution in [0, 0.1) is 5.92 Å². The van der Waals surface area contributed by atoms with Gasteiger partial charge in [-0.3, -0.25) is 4.79 Å². The Morgan fingerprint density at radius 2 is 1.95 bits per heavy atom. The molecule has 2 saturated heterocycles. The van der Waals surface area contributed by atoms with E-state index in [2.05, 4.69) is 0 Å². The number of hydrogen-bond acceptors (Lipinski definition) is 4. The zero-order chi connectivity index (χ0) is 14.3. The van der Waals surface area contributed by atoms with E-state index in [9.17, 15) is 13.2 Å². The lowest BCUT2D eigenvalue weighted by Gasteiger charge is -2.46. The molecule has 7 heteroatoms.